The zero-order valence-electron chi connectivity index (χ0n) is 35.0. The van der Waals surface area contributed by atoms with Crippen LogP contribution in [0.4, 0.5) is 10.8 Å². The van der Waals surface area contributed by atoms with Gasteiger partial charge in [-0.25, -0.2) is 23.1 Å². The highest BCUT2D eigenvalue weighted by atomic mass is 32.2. The summed E-state index contributed by atoms with van der Waals surface area (Å²) in [5.41, 5.74) is 0.354. The van der Waals surface area contributed by atoms with E-state index >= 15 is 0 Å². The van der Waals surface area contributed by atoms with Crippen molar-refractivity contribution in [2.24, 2.45) is 11.3 Å². The molecule has 14 nitrogen and oxygen atoms in total. The van der Waals surface area contributed by atoms with E-state index in [9.17, 15) is 22.8 Å². The minimum atomic E-state index is -4.33. The molecule has 2 aliphatic heterocycles. The Morgan fingerprint density at radius 2 is 1.87 bits per heavy atom. The number of rotatable bonds is 9. The van der Waals surface area contributed by atoms with Crippen LogP contribution in [0.25, 0.3) is 22.3 Å². The number of hydrogen-bond donors (Lipinski definition) is 4. The van der Waals surface area contributed by atoms with Crippen LogP contribution in [0.2, 0.25) is 0 Å². The van der Waals surface area contributed by atoms with Gasteiger partial charge in [-0.1, -0.05) is 51.5 Å². The van der Waals surface area contributed by atoms with E-state index in [4.69, 9.17) is 19.4 Å². The SMILES string of the molecule is COc1ccc2c(O[C@@H]3C[C@@H](C(=O)N[C@]45C[C@H]4/C=C\CCCCCNc4ccccc4S(=O)(=O)NC5=O)N(C(=O)CC(C)(C)C)C3)cc(-c3csc(NC(C)C)n3)nc2c1. The number of amides is 3. The molecule has 3 aliphatic rings. The molecule has 1 saturated heterocycles. The Labute approximate surface area is 356 Å². The first-order valence-corrected chi connectivity index (χ1v) is 23.0. The predicted octanol–water partition coefficient (Wildman–Crippen LogP) is 6.89. The minimum Gasteiger partial charge on any atom is -0.497 e. The summed E-state index contributed by atoms with van der Waals surface area (Å²) in [6.07, 6.45) is 7.28. The van der Waals surface area contributed by atoms with Crippen LogP contribution in [0.3, 0.4) is 0 Å². The average Bonchev–Trinajstić information content (AvgIpc) is 3.45. The summed E-state index contributed by atoms with van der Waals surface area (Å²) < 4.78 is 42.1. The van der Waals surface area contributed by atoms with Gasteiger partial charge in [0.05, 0.1) is 30.6 Å². The van der Waals surface area contributed by atoms with E-state index in [0.29, 0.717) is 46.0 Å². The van der Waals surface area contributed by atoms with Crippen molar-refractivity contribution in [1.82, 2.24) is 24.9 Å². The standard InChI is InChI=1S/C44H55N7O7S2/c1-27(2)46-42-48-35(26-59-42)34-22-37(31-18-17-29(57-6)20-33(31)47-34)58-30-21-36(51(25-30)39(52)24-43(3,4)5)40(53)49-44-23-28(44)14-10-8-7-9-13-19-45-32-15-11-12-16-38(32)60(55,56)50-41(44)54/h10-12,14-18,20,22,26-28,30,36,45H,7-9,13,19,21,23-25H2,1-6H3,(H,46,48)(H,49,53)(H,50,54)/b14-10-/t28-,30-,36+,44-/m1/s1. The molecule has 0 unspecified atom stereocenters. The van der Waals surface area contributed by atoms with Gasteiger partial charge in [0.2, 0.25) is 11.8 Å². The van der Waals surface area contributed by atoms with Crippen molar-refractivity contribution in [3.05, 3.63) is 66.1 Å². The van der Waals surface area contributed by atoms with E-state index in [1.165, 1.54) is 22.3 Å². The number of pyridine rings is 1. The number of ether oxygens (including phenoxy) is 2. The monoisotopic (exact) mass is 857 g/mol. The Balaban J connectivity index is 1.19. The zero-order valence-corrected chi connectivity index (χ0v) is 36.7. The fraction of sp³-hybridized carbons (Fsp3) is 0.477. The van der Waals surface area contributed by atoms with Crippen LogP contribution in [0.15, 0.2) is 71.0 Å². The number of allylic oxidation sites excluding steroid dienone is 1. The van der Waals surface area contributed by atoms with Gasteiger partial charge in [-0.15, -0.1) is 11.3 Å². The number of nitrogens with zero attached hydrogens (tertiary/aromatic N) is 3. The van der Waals surface area contributed by atoms with Gasteiger partial charge in [-0.05, 0) is 69.2 Å². The van der Waals surface area contributed by atoms with Crippen LogP contribution in [0, 0.1) is 11.3 Å². The average molecular weight is 858 g/mol. The normalized spacial score (nSPS) is 23.6. The molecule has 60 heavy (non-hydrogen) atoms. The lowest BCUT2D eigenvalue weighted by atomic mass is 9.91. The molecule has 0 bridgehead atoms. The number of carbonyl (C=O) groups excluding carboxylic acids is 3. The molecule has 2 fully saturated rings. The van der Waals surface area contributed by atoms with Gasteiger partial charge in [-0.3, -0.25) is 14.4 Å². The summed E-state index contributed by atoms with van der Waals surface area (Å²) >= 11 is 1.47. The Bertz CT molecular complexity index is 2390. The number of benzene rings is 2. The van der Waals surface area contributed by atoms with Crippen molar-refractivity contribution in [3.8, 4) is 22.9 Å². The molecule has 4 heterocycles. The Kier molecular flexibility index (Phi) is 12.4. The number of thiazole rings is 1. The Morgan fingerprint density at radius 3 is 2.63 bits per heavy atom. The van der Waals surface area contributed by atoms with Gasteiger partial charge in [0.1, 0.15) is 39.8 Å². The van der Waals surface area contributed by atoms with Crippen molar-refractivity contribution in [1.29, 1.82) is 0 Å². The third-order valence-electron chi connectivity index (χ3n) is 10.9. The first kappa shape index (κ1) is 42.9. The van der Waals surface area contributed by atoms with Gasteiger partial charge in [0.25, 0.3) is 15.9 Å². The van der Waals surface area contributed by atoms with Gasteiger partial charge in [0, 0.05) is 54.2 Å². The van der Waals surface area contributed by atoms with Crippen LogP contribution in [0.5, 0.6) is 11.5 Å². The molecule has 2 aromatic carbocycles. The molecule has 0 spiro atoms. The maximum absolute atomic E-state index is 14.6. The largest absolute Gasteiger partial charge is 0.497 e. The highest BCUT2D eigenvalue weighted by molar-refractivity contribution is 7.90. The van der Waals surface area contributed by atoms with Crippen molar-refractivity contribution in [3.63, 3.8) is 0 Å². The van der Waals surface area contributed by atoms with Crippen LogP contribution in [-0.4, -0.2) is 84.9 Å². The smallest absolute Gasteiger partial charge is 0.266 e. The van der Waals surface area contributed by atoms with Crippen molar-refractivity contribution in [2.45, 2.75) is 108 Å². The lowest BCUT2D eigenvalue weighted by Crippen LogP contribution is -2.56. The maximum Gasteiger partial charge on any atom is 0.266 e. The maximum atomic E-state index is 14.6. The van der Waals surface area contributed by atoms with Crippen LogP contribution >= 0.6 is 11.3 Å². The second-order valence-electron chi connectivity index (χ2n) is 17.4. The molecule has 0 radical (unpaired) electrons. The van der Waals surface area contributed by atoms with Crippen molar-refractivity contribution >= 4 is 60.8 Å². The van der Waals surface area contributed by atoms with Gasteiger partial charge in [0.15, 0.2) is 5.13 Å². The molecule has 7 rings (SSSR count). The second kappa shape index (κ2) is 17.4. The highest BCUT2D eigenvalue weighted by Gasteiger charge is 2.61. The molecule has 320 valence electrons. The molecule has 2 aromatic heterocycles. The van der Waals surface area contributed by atoms with Gasteiger partial charge >= 0.3 is 0 Å². The molecule has 1 saturated carbocycles. The number of para-hydroxylation sites is 1. The first-order valence-electron chi connectivity index (χ1n) is 20.6. The lowest BCUT2D eigenvalue weighted by Gasteiger charge is -2.29. The van der Waals surface area contributed by atoms with E-state index in [1.807, 2.05) is 76.4 Å². The van der Waals surface area contributed by atoms with E-state index in [1.54, 1.807) is 25.3 Å². The third-order valence-corrected chi connectivity index (χ3v) is 13.1. The number of aromatic nitrogens is 2. The molecule has 1 aliphatic carbocycles. The zero-order chi connectivity index (χ0) is 42.8. The molecular weight excluding hydrogens is 803 g/mol. The van der Waals surface area contributed by atoms with Crippen LogP contribution in [-0.2, 0) is 24.4 Å². The number of fused-ring (bicyclic) bond motifs is 3. The van der Waals surface area contributed by atoms with E-state index in [-0.39, 0.29) is 48.1 Å². The minimum absolute atomic E-state index is 0.0511. The Morgan fingerprint density at radius 1 is 1.07 bits per heavy atom. The van der Waals surface area contributed by atoms with Crippen molar-refractivity contribution < 1.29 is 32.3 Å². The second-order valence-corrected chi connectivity index (χ2v) is 19.9. The molecule has 4 atom stereocenters. The van der Waals surface area contributed by atoms with Crippen LogP contribution < -0.4 is 30.1 Å². The summed E-state index contributed by atoms with van der Waals surface area (Å²) in [6, 6.07) is 13.0. The quantitative estimate of drug-likeness (QED) is 0.129. The van der Waals surface area contributed by atoms with Crippen molar-refractivity contribution in [2.75, 3.05) is 30.8 Å². The number of sulfonamides is 1. The molecular formula is C44H55N7O7S2. The highest BCUT2D eigenvalue weighted by Crippen LogP contribution is 2.46. The summed E-state index contributed by atoms with van der Waals surface area (Å²) in [5, 5.41) is 12.9. The summed E-state index contributed by atoms with van der Waals surface area (Å²) in [5.74, 6) is -0.922. The molecule has 4 N–H and O–H groups in total. The molecule has 16 heteroatoms. The lowest BCUT2D eigenvalue weighted by molar-refractivity contribution is -0.141. The third kappa shape index (κ3) is 9.70. The number of likely N-dealkylation sites (tertiary alicyclic amines) is 1. The molecule has 3 amide bonds. The Hall–Kier alpha value is -5.22. The number of anilines is 2. The first-order chi connectivity index (χ1) is 28.5. The van der Waals surface area contributed by atoms with E-state index in [2.05, 4.69) is 20.7 Å². The summed E-state index contributed by atoms with van der Waals surface area (Å²) in [6.45, 7) is 10.7. The van der Waals surface area contributed by atoms with E-state index in [0.717, 1.165) is 30.8 Å². The summed E-state index contributed by atoms with van der Waals surface area (Å²) in [7, 11) is -2.74. The number of carbonyl (C=O) groups is 3. The predicted molar refractivity (Wildman–Crippen MR) is 234 cm³/mol. The fourth-order valence-corrected chi connectivity index (χ4v) is 9.90. The number of nitrogens with one attached hydrogen (secondary N) is 4. The fourth-order valence-electron chi connectivity index (χ4n) is 7.83. The summed E-state index contributed by atoms with van der Waals surface area (Å²) in [4.78, 5) is 54.0. The molecule has 4 aromatic rings. The number of methoxy groups -OCH3 is 1. The van der Waals surface area contributed by atoms with Crippen LogP contribution in [0.1, 0.15) is 79.6 Å². The van der Waals surface area contributed by atoms with Gasteiger partial charge in [-0.2, -0.15) is 0 Å². The number of hydrogen-bond acceptors (Lipinski definition) is 12. The topological polar surface area (TPSA) is 181 Å². The van der Waals surface area contributed by atoms with Gasteiger partial charge < -0.3 is 30.3 Å². The van der Waals surface area contributed by atoms with E-state index < -0.39 is 45.4 Å².